The maximum atomic E-state index is 15.0. The fourth-order valence-corrected chi connectivity index (χ4v) is 3.91. The molecule has 1 aliphatic heterocycles. The second kappa shape index (κ2) is 10.5. The van der Waals surface area contributed by atoms with Gasteiger partial charge in [-0.1, -0.05) is 29.5 Å². The molecule has 1 unspecified atom stereocenters. The number of halogens is 2. The molecule has 0 aliphatic carbocycles. The van der Waals surface area contributed by atoms with E-state index in [1.165, 1.54) is 4.90 Å². The second-order valence-electron chi connectivity index (χ2n) is 8.83. The third kappa shape index (κ3) is 5.99. The van der Waals surface area contributed by atoms with Gasteiger partial charge in [0.25, 0.3) is 0 Å². The van der Waals surface area contributed by atoms with E-state index in [0.29, 0.717) is 18.7 Å². The number of amides is 1. The minimum Gasteiger partial charge on any atom is -0.443 e. The fourth-order valence-electron chi connectivity index (χ4n) is 3.91. The molecule has 1 aliphatic rings. The predicted molar refractivity (Wildman–Crippen MR) is 126 cm³/mol. The summed E-state index contributed by atoms with van der Waals surface area (Å²) in [5, 5.41) is 20.3. The molecule has 186 valence electrons. The van der Waals surface area contributed by atoms with Crippen molar-refractivity contribution in [3.05, 3.63) is 65.5 Å². The van der Waals surface area contributed by atoms with Crippen LogP contribution in [-0.4, -0.2) is 70.6 Å². The Morgan fingerprint density at radius 2 is 1.91 bits per heavy atom. The monoisotopic (exact) mass is 486 g/mol. The molecule has 1 aromatic heterocycles. The van der Waals surface area contributed by atoms with Crippen LogP contribution in [0.1, 0.15) is 18.2 Å². The summed E-state index contributed by atoms with van der Waals surface area (Å²) in [7, 11) is 3.90. The molecule has 0 bridgehead atoms. The van der Waals surface area contributed by atoms with Gasteiger partial charge < -0.3 is 14.7 Å². The van der Waals surface area contributed by atoms with E-state index in [0.717, 1.165) is 23.4 Å². The highest BCUT2D eigenvalue weighted by atomic mass is 19.1. The molecule has 0 spiro atoms. The van der Waals surface area contributed by atoms with Crippen molar-refractivity contribution in [1.82, 2.24) is 25.2 Å². The van der Waals surface area contributed by atoms with Crippen molar-refractivity contribution < 1.29 is 23.4 Å². The van der Waals surface area contributed by atoms with Crippen LogP contribution in [0.15, 0.2) is 42.6 Å². The van der Waals surface area contributed by atoms with E-state index in [4.69, 9.17) is 4.74 Å². The largest absolute Gasteiger partial charge is 0.443 e. The SMILES string of the molecule is CC(O)NC[C@H]1CN(c2cc(F)c(-c3ccc(Cn4cc(CN(C)C)nn4)cc3)c(F)c2)C(=O)O1. The smallest absolute Gasteiger partial charge is 0.414 e. The zero-order valence-corrected chi connectivity index (χ0v) is 19.8. The van der Waals surface area contributed by atoms with Crippen molar-refractivity contribution in [3.8, 4) is 11.1 Å². The first-order valence-corrected chi connectivity index (χ1v) is 11.2. The van der Waals surface area contributed by atoms with Crippen molar-refractivity contribution in [2.75, 3.05) is 32.1 Å². The Labute approximate surface area is 201 Å². The van der Waals surface area contributed by atoms with Gasteiger partial charge in [-0.3, -0.25) is 10.2 Å². The lowest BCUT2D eigenvalue weighted by Gasteiger charge is -2.16. The van der Waals surface area contributed by atoms with Crippen LogP contribution < -0.4 is 10.2 Å². The minimum absolute atomic E-state index is 0.0737. The number of hydrogen-bond acceptors (Lipinski definition) is 7. The molecule has 3 aromatic rings. The second-order valence-corrected chi connectivity index (χ2v) is 8.83. The quantitative estimate of drug-likeness (QED) is 0.449. The third-order valence-electron chi connectivity index (χ3n) is 5.51. The molecule has 1 saturated heterocycles. The minimum atomic E-state index is -0.782. The van der Waals surface area contributed by atoms with Crippen molar-refractivity contribution in [2.24, 2.45) is 0 Å². The number of aliphatic hydroxyl groups excluding tert-OH is 1. The van der Waals surface area contributed by atoms with Crippen molar-refractivity contribution >= 4 is 11.8 Å². The first-order valence-electron chi connectivity index (χ1n) is 11.2. The summed E-state index contributed by atoms with van der Waals surface area (Å²) in [6.07, 6.45) is -0.139. The van der Waals surface area contributed by atoms with Crippen LogP contribution in [0.25, 0.3) is 11.1 Å². The summed E-state index contributed by atoms with van der Waals surface area (Å²) < 4.78 is 36.9. The van der Waals surface area contributed by atoms with Gasteiger partial charge in [-0.05, 0) is 44.3 Å². The number of carbonyl (C=O) groups is 1. The van der Waals surface area contributed by atoms with Gasteiger partial charge in [0, 0.05) is 13.1 Å². The number of anilines is 1. The number of carbonyl (C=O) groups excluding carboxylic acids is 1. The number of hydrogen-bond donors (Lipinski definition) is 2. The standard InChI is InChI=1S/C24H28F2N6O3/c1-15(33)27-10-20-14-32(24(34)35-20)19-8-21(25)23(22(26)9-19)17-6-4-16(5-7-17)11-31-13-18(28-29-31)12-30(2)3/h4-9,13,15,20,27,33H,10-12,14H2,1-3H3/t15?,20-/m0/s1. The van der Waals surface area contributed by atoms with Crippen LogP contribution in [0.4, 0.5) is 19.3 Å². The van der Waals surface area contributed by atoms with E-state index in [1.54, 1.807) is 35.9 Å². The Kier molecular flexibility index (Phi) is 7.39. The molecule has 35 heavy (non-hydrogen) atoms. The number of aliphatic hydroxyl groups is 1. The van der Waals surface area contributed by atoms with Gasteiger partial charge in [0.2, 0.25) is 0 Å². The van der Waals surface area contributed by atoms with Crippen LogP contribution in [-0.2, 0) is 17.8 Å². The highest BCUT2D eigenvalue weighted by Crippen LogP contribution is 2.32. The van der Waals surface area contributed by atoms with Gasteiger partial charge in [-0.15, -0.1) is 5.10 Å². The molecule has 1 fully saturated rings. The lowest BCUT2D eigenvalue weighted by Crippen LogP contribution is -2.35. The van der Waals surface area contributed by atoms with E-state index >= 15 is 0 Å². The van der Waals surface area contributed by atoms with E-state index in [-0.39, 0.29) is 24.3 Å². The van der Waals surface area contributed by atoms with E-state index in [9.17, 15) is 18.7 Å². The van der Waals surface area contributed by atoms with E-state index in [2.05, 4.69) is 15.6 Å². The number of nitrogens with one attached hydrogen (secondary N) is 1. The third-order valence-corrected chi connectivity index (χ3v) is 5.51. The highest BCUT2D eigenvalue weighted by molar-refractivity contribution is 5.90. The maximum absolute atomic E-state index is 15.0. The van der Waals surface area contributed by atoms with Gasteiger partial charge >= 0.3 is 6.09 Å². The molecule has 0 radical (unpaired) electrons. The van der Waals surface area contributed by atoms with Gasteiger partial charge in [0.15, 0.2) is 0 Å². The Morgan fingerprint density at radius 3 is 2.54 bits per heavy atom. The van der Waals surface area contributed by atoms with Crippen molar-refractivity contribution in [2.45, 2.75) is 32.3 Å². The molecule has 4 rings (SSSR count). The molecule has 2 N–H and O–H groups in total. The molecule has 0 saturated carbocycles. The van der Waals surface area contributed by atoms with Gasteiger partial charge in [0.05, 0.1) is 36.2 Å². The molecule has 2 atom stereocenters. The average molecular weight is 487 g/mol. The summed E-state index contributed by atoms with van der Waals surface area (Å²) >= 11 is 0. The Hall–Kier alpha value is -3.41. The van der Waals surface area contributed by atoms with Gasteiger partial charge in [-0.25, -0.2) is 18.3 Å². The number of benzene rings is 2. The molecule has 1 amide bonds. The zero-order chi connectivity index (χ0) is 25.1. The van der Waals surface area contributed by atoms with Gasteiger partial charge in [0.1, 0.15) is 24.0 Å². The van der Waals surface area contributed by atoms with Gasteiger partial charge in [-0.2, -0.15) is 0 Å². The maximum Gasteiger partial charge on any atom is 0.414 e. The van der Waals surface area contributed by atoms with E-state index in [1.807, 2.05) is 25.2 Å². The normalized spacial score (nSPS) is 16.7. The first-order chi connectivity index (χ1) is 16.7. The predicted octanol–water partition coefficient (Wildman–Crippen LogP) is 2.59. The lowest BCUT2D eigenvalue weighted by molar-refractivity contribution is 0.110. The molecule has 9 nitrogen and oxygen atoms in total. The van der Waals surface area contributed by atoms with Crippen LogP contribution in [0, 0.1) is 11.6 Å². The number of cyclic esters (lactones) is 1. The first kappa shape index (κ1) is 24.7. The lowest BCUT2D eigenvalue weighted by atomic mass is 10.0. The summed E-state index contributed by atoms with van der Waals surface area (Å²) in [6, 6.07) is 9.12. The molecular formula is C24H28F2N6O3. The average Bonchev–Trinajstić information content (AvgIpc) is 3.38. The van der Waals surface area contributed by atoms with Crippen LogP contribution in [0.5, 0.6) is 0 Å². The van der Waals surface area contributed by atoms with Crippen LogP contribution >= 0.6 is 0 Å². The zero-order valence-electron chi connectivity index (χ0n) is 19.8. The number of nitrogens with zero attached hydrogens (tertiary/aromatic N) is 5. The van der Waals surface area contributed by atoms with E-state index < -0.39 is 30.1 Å². The summed E-state index contributed by atoms with van der Waals surface area (Å²) in [6.45, 7) is 3.04. The van der Waals surface area contributed by atoms with Crippen LogP contribution in [0.2, 0.25) is 0 Å². The number of aromatic nitrogens is 3. The topological polar surface area (TPSA) is 95.8 Å². The van der Waals surface area contributed by atoms with Crippen molar-refractivity contribution in [1.29, 1.82) is 0 Å². The Morgan fingerprint density at radius 1 is 1.23 bits per heavy atom. The van der Waals surface area contributed by atoms with Crippen LogP contribution in [0.3, 0.4) is 0 Å². The molecule has 11 heteroatoms. The number of rotatable bonds is 9. The molecular weight excluding hydrogens is 458 g/mol. The number of ether oxygens (including phenoxy) is 1. The molecule has 2 aromatic carbocycles. The summed E-state index contributed by atoms with van der Waals surface area (Å²) in [4.78, 5) is 15.4. The highest BCUT2D eigenvalue weighted by Gasteiger charge is 2.33. The summed E-state index contributed by atoms with van der Waals surface area (Å²) in [5.41, 5.74) is 2.04. The fraction of sp³-hybridized carbons (Fsp3) is 0.375. The Balaban J connectivity index is 1.47. The van der Waals surface area contributed by atoms with Crippen molar-refractivity contribution in [3.63, 3.8) is 0 Å². The Bertz CT molecular complexity index is 1160. The molecule has 2 heterocycles. The summed E-state index contributed by atoms with van der Waals surface area (Å²) in [5.74, 6) is -1.56.